The molecule has 12 heteroatoms. The number of rotatable bonds is 1. The van der Waals surface area contributed by atoms with Gasteiger partial charge >= 0.3 is 0 Å². The Kier molecular flexibility index (Phi) is 6.10. The Morgan fingerprint density at radius 3 is 2.42 bits per heavy atom. The minimum Gasteiger partial charge on any atom is -0.370 e. The van der Waals surface area contributed by atoms with Gasteiger partial charge in [-0.05, 0) is 12.1 Å². The van der Waals surface area contributed by atoms with Gasteiger partial charge in [-0.15, -0.1) is 0 Å². The molecule has 0 bridgehead atoms. The minimum absolute atomic E-state index is 0.0143. The van der Waals surface area contributed by atoms with Gasteiger partial charge in [-0.2, -0.15) is 4.72 Å². The lowest BCUT2D eigenvalue weighted by Crippen LogP contribution is -2.34. The highest BCUT2D eigenvalue weighted by Crippen LogP contribution is 2.32. The number of halogens is 3. The SMILES string of the molecule is II.NS(=O)(=O)c1cc2c(cc1Cl)NCNS2(=O)=O. The van der Waals surface area contributed by atoms with Crippen molar-refractivity contribution in [3.63, 3.8) is 0 Å². The Bertz CT molecular complexity index is 693. The normalized spacial score (nSPS) is 16.6. The number of hydrogen-bond acceptors (Lipinski definition) is 5. The van der Waals surface area contributed by atoms with Gasteiger partial charge in [-0.1, -0.05) is 11.6 Å². The highest BCUT2D eigenvalue weighted by atomic mass is 128. The first-order chi connectivity index (χ1) is 8.72. The molecule has 4 N–H and O–H groups in total. The van der Waals surface area contributed by atoms with Crippen LogP contribution in [-0.2, 0) is 20.0 Å². The Morgan fingerprint density at radius 2 is 1.89 bits per heavy atom. The molecule has 0 atom stereocenters. The number of anilines is 1. The van der Waals surface area contributed by atoms with Crippen LogP contribution >= 0.6 is 48.8 Å². The fourth-order valence-corrected chi connectivity index (χ4v) is 3.70. The van der Waals surface area contributed by atoms with E-state index >= 15 is 0 Å². The van der Waals surface area contributed by atoms with Gasteiger partial charge in [0.25, 0.3) is 0 Å². The Labute approximate surface area is 139 Å². The zero-order valence-corrected chi connectivity index (χ0v) is 15.7. The summed E-state index contributed by atoms with van der Waals surface area (Å²) in [6.45, 7) is 0.0143. The van der Waals surface area contributed by atoms with Crippen LogP contribution in [0.3, 0.4) is 0 Å². The molecule has 0 fully saturated rings. The molecule has 2 rings (SSSR count). The van der Waals surface area contributed by atoms with Gasteiger partial charge in [0.1, 0.15) is 9.79 Å². The van der Waals surface area contributed by atoms with Crippen LogP contribution < -0.4 is 15.2 Å². The van der Waals surface area contributed by atoms with E-state index in [4.69, 9.17) is 16.7 Å². The molecule has 7 nitrogen and oxygen atoms in total. The van der Waals surface area contributed by atoms with Crippen molar-refractivity contribution >= 4 is 74.6 Å². The van der Waals surface area contributed by atoms with Crippen LogP contribution in [0.2, 0.25) is 5.02 Å². The van der Waals surface area contributed by atoms with E-state index in [0.29, 0.717) is 0 Å². The van der Waals surface area contributed by atoms with Crippen molar-refractivity contribution in [2.45, 2.75) is 9.79 Å². The second-order valence-corrected chi connectivity index (χ2v) is 7.00. The predicted octanol–water partition coefficient (Wildman–Crippen LogP) is 1.42. The zero-order valence-electron chi connectivity index (χ0n) is 9.02. The van der Waals surface area contributed by atoms with Crippen molar-refractivity contribution in [1.82, 2.24) is 4.72 Å². The number of fused-ring (bicyclic) bond motifs is 1. The third-order valence-corrected chi connectivity index (χ3v) is 4.99. The third kappa shape index (κ3) is 4.04. The van der Waals surface area contributed by atoms with Crippen LogP contribution in [0.15, 0.2) is 21.9 Å². The van der Waals surface area contributed by atoms with Crippen molar-refractivity contribution in [3.05, 3.63) is 17.2 Å². The Hall–Kier alpha value is 0.590. The first kappa shape index (κ1) is 17.6. The number of nitrogens with two attached hydrogens (primary N) is 1. The maximum atomic E-state index is 11.6. The van der Waals surface area contributed by atoms with Gasteiger partial charge in [0, 0.05) is 37.2 Å². The average Bonchev–Trinajstić information content (AvgIpc) is 2.28. The summed E-state index contributed by atoms with van der Waals surface area (Å²) in [5.74, 6) is 0. The summed E-state index contributed by atoms with van der Waals surface area (Å²) < 4.78 is 47.9. The highest BCUT2D eigenvalue weighted by Gasteiger charge is 2.26. The van der Waals surface area contributed by atoms with E-state index in [9.17, 15) is 16.8 Å². The van der Waals surface area contributed by atoms with Crippen molar-refractivity contribution in [2.24, 2.45) is 5.14 Å². The molecule has 1 aromatic carbocycles. The van der Waals surface area contributed by atoms with Crippen LogP contribution in [0.1, 0.15) is 0 Å². The fourth-order valence-electron chi connectivity index (χ4n) is 1.42. The third-order valence-electron chi connectivity index (χ3n) is 2.17. The molecule has 0 saturated carbocycles. The molecule has 1 heterocycles. The quantitative estimate of drug-likeness (QED) is 0.457. The number of benzene rings is 1. The van der Waals surface area contributed by atoms with Gasteiger partial charge in [0.2, 0.25) is 20.0 Å². The molecule has 1 aliphatic heterocycles. The molecule has 19 heavy (non-hydrogen) atoms. The first-order valence-corrected chi connectivity index (χ1v) is 14.2. The van der Waals surface area contributed by atoms with E-state index in [1.807, 2.05) is 0 Å². The van der Waals surface area contributed by atoms with E-state index in [-0.39, 0.29) is 22.3 Å². The monoisotopic (exact) mass is 551 g/mol. The lowest BCUT2D eigenvalue weighted by atomic mass is 10.3. The number of hydrogen-bond donors (Lipinski definition) is 3. The van der Waals surface area contributed by atoms with Crippen molar-refractivity contribution < 1.29 is 16.8 Å². The molecule has 1 aromatic rings. The summed E-state index contributed by atoms with van der Waals surface area (Å²) in [7, 11) is -7.80. The van der Waals surface area contributed by atoms with Gasteiger partial charge < -0.3 is 5.32 Å². The van der Waals surface area contributed by atoms with E-state index in [0.717, 1.165) is 6.07 Å². The largest absolute Gasteiger partial charge is 0.370 e. The molecule has 1 aliphatic rings. The summed E-state index contributed by atoms with van der Waals surface area (Å²) >= 11 is 9.96. The van der Waals surface area contributed by atoms with Gasteiger partial charge in [-0.3, -0.25) is 0 Å². The minimum atomic E-state index is -4.07. The zero-order chi connectivity index (χ0) is 14.8. The number of sulfonamides is 2. The molecule has 0 amide bonds. The lowest BCUT2D eigenvalue weighted by Gasteiger charge is -2.20. The maximum absolute atomic E-state index is 11.6. The molecule has 0 unspecified atom stereocenters. The average molecular weight is 552 g/mol. The van der Waals surface area contributed by atoms with Crippen LogP contribution in [0, 0.1) is 0 Å². The molecular formula is C7H8ClI2N3O4S2. The Morgan fingerprint density at radius 1 is 1.32 bits per heavy atom. The second-order valence-electron chi connectivity index (χ2n) is 3.33. The Balaban J connectivity index is 0.000000861. The van der Waals surface area contributed by atoms with E-state index in [2.05, 4.69) is 47.3 Å². The molecule has 0 radical (unpaired) electrons. The second kappa shape index (κ2) is 6.57. The van der Waals surface area contributed by atoms with Crippen LogP contribution in [0.4, 0.5) is 5.69 Å². The molecule has 0 aliphatic carbocycles. The van der Waals surface area contributed by atoms with Crippen molar-refractivity contribution in [1.29, 1.82) is 0 Å². The standard InChI is InChI=1S/C7H8ClN3O4S2.I2/c8-4-1-5-7(2-6(4)16(9,12)13)17(14,15)11-3-10-5;1-2/h1-2,10-11H,3H2,(H2,9,12,13);. The summed E-state index contributed by atoms with van der Waals surface area (Å²) in [6.07, 6.45) is 0. The van der Waals surface area contributed by atoms with Crippen molar-refractivity contribution in [3.8, 4) is 0 Å². The molecular weight excluding hydrogens is 543 g/mol. The summed E-state index contributed by atoms with van der Waals surface area (Å²) in [5.41, 5.74) is 0.237. The summed E-state index contributed by atoms with van der Waals surface area (Å²) in [4.78, 5) is -0.621. The molecule has 0 aromatic heterocycles. The van der Waals surface area contributed by atoms with Gasteiger partial charge in [-0.25, -0.2) is 22.0 Å². The summed E-state index contributed by atoms with van der Waals surface area (Å²) in [6, 6.07) is 2.15. The topological polar surface area (TPSA) is 118 Å². The van der Waals surface area contributed by atoms with Crippen LogP contribution in [0.25, 0.3) is 0 Å². The molecule has 0 spiro atoms. The summed E-state index contributed by atoms with van der Waals surface area (Å²) in [5, 5.41) is 7.53. The first-order valence-electron chi connectivity index (χ1n) is 4.46. The van der Waals surface area contributed by atoms with Crippen LogP contribution in [-0.4, -0.2) is 23.5 Å². The van der Waals surface area contributed by atoms with Crippen LogP contribution in [0.5, 0.6) is 0 Å². The smallest absolute Gasteiger partial charge is 0.244 e. The number of nitrogens with one attached hydrogen (secondary N) is 2. The predicted molar refractivity (Wildman–Crippen MR) is 89.7 cm³/mol. The maximum Gasteiger partial charge on any atom is 0.244 e. The molecule has 0 saturated heterocycles. The molecule has 108 valence electrons. The van der Waals surface area contributed by atoms with Crippen molar-refractivity contribution in [2.75, 3.05) is 12.0 Å². The van der Waals surface area contributed by atoms with E-state index < -0.39 is 24.9 Å². The van der Waals surface area contributed by atoms with Gasteiger partial charge in [0.05, 0.1) is 17.4 Å². The highest BCUT2D eigenvalue weighted by molar-refractivity contribution is 15.0. The van der Waals surface area contributed by atoms with E-state index in [1.165, 1.54) is 6.07 Å². The van der Waals surface area contributed by atoms with Gasteiger partial charge in [0.15, 0.2) is 0 Å². The fraction of sp³-hybridized carbons (Fsp3) is 0.143. The number of primary sulfonamides is 1. The lowest BCUT2D eigenvalue weighted by molar-refractivity contribution is 0.581. The van der Waals surface area contributed by atoms with E-state index in [1.54, 1.807) is 0 Å².